The Labute approximate surface area is 116 Å². The zero-order chi connectivity index (χ0) is 15.6. The summed E-state index contributed by atoms with van der Waals surface area (Å²) >= 11 is 0. The minimum Gasteiger partial charge on any atom is -0.475 e. The second-order valence-electron chi connectivity index (χ2n) is 4.54. The molecule has 0 unspecified atom stereocenters. The number of carbonyl (C=O) groups is 2. The van der Waals surface area contributed by atoms with E-state index in [1.54, 1.807) is 6.92 Å². The van der Waals surface area contributed by atoms with Gasteiger partial charge in [-0.2, -0.15) is 13.2 Å². The maximum atomic E-state index is 10.6. The fourth-order valence-corrected chi connectivity index (χ4v) is 1.75. The Bertz CT molecular complexity index is 301. The molecule has 0 spiro atoms. The zero-order valence-electron chi connectivity index (χ0n) is 11.5. The molecule has 1 rings (SSSR count). The Morgan fingerprint density at radius 3 is 1.95 bits per heavy atom. The summed E-state index contributed by atoms with van der Waals surface area (Å²) in [7, 11) is 0. The van der Waals surface area contributed by atoms with Crippen LogP contribution >= 0.6 is 0 Å². The number of carboxylic acid groups (broad SMARTS) is 1. The summed E-state index contributed by atoms with van der Waals surface area (Å²) in [6.07, 6.45) is 0.299. The first-order chi connectivity index (χ1) is 9.23. The van der Waals surface area contributed by atoms with Gasteiger partial charge in [-0.1, -0.05) is 12.8 Å². The average molecular weight is 298 g/mol. The van der Waals surface area contributed by atoms with Crippen LogP contribution in [0, 0.1) is 0 Å². The molecule has 1 saturated heterocycles. The van der Waals surface area contributed by atoms with E-state index in [2.05, 4.69) is 10.2 Å². The molecule has 0 aromatic heterocycles. The molecule has 20 heavy (non-hydrogen) atoms. The average Bonchev–Trinajstić information content (AvgIpc) is 2.56. The van der Waals surface area contributed by atoms with Gasteiger partial charge in [0.1, 0.15) is 0 Å². The number of amides is 1. The predicted octanol–water partition coefficient (Wildman–Crippen LogP) is 1.63. The van der Waals surface area contributed by atoms with Crippen molar-refractivity contribution in [1.82, 2.24) is 10.2 Å². The van der Waals surface area contributed by atoms with Gasteiger partial charge >= 0.3 is 12.1 Å². The lowest BCUT2D eigenvalue weighted by Crippen LogP contribution is -2.34. The summed E-state index contributed by atoms with van der Waals surface area (Å²) < 4.78 is 31.7. The van der Waals surface area contributed by atoms with E-state index in [-0.39, 0.29) is 5.91 Å². The second kappa shape index (κ2) is 9.57. The third kappa shape index (κ3) is 10.6. The van der Waals surface area contributed by atoms with Crippen LogP contribution in [0.5, 0.6) is 0 Å². The van der Waals surface area contributed by atoms with E-state index in [0.29, 0.717) is 0 Å². The van der Waals surface area contributed by atoms with E-state index in [1.807, 2.05) is 0 Å². The van der Waals surface area contributed by atoms with E-state index >= 15 is 0 Å². The molecular formula is C12H21F3N2O3. The second-order valence-corrected chi connectivity index (χ2v) is 4.54. The lowest BCUT2D eigenvalue weighted by molar-refractivity contribution is -0.192. The van der Waals surface area contributed by atoms with Gasteiger partial charge in [0.05, 0.1) is 0 Å². The molecule has 0 saturated carbocycles. The molecule has 1 heterocycles. The Balaban J connectivity index is 0.000000441. The summed E-state index contributed by atoms with van der Waals surface area (Å²) in [5.74, 6) is -2.68. The molecule has 1 aliphatic rings. The summed E-state index contributed by atoms with van der Waals surface area (Å²) in [5.41, 5.74) is 0. The molecule has 118 valence electrons. The molecule has 0 atom stereocenters. The fourth-order valence-electron chi connectivity index (χ4n) is 1.75. The van der Waals surface area contributed by atoms with Gasteiger partial charge in [-0.15, -0.1) is 0 Å². The van der Waals surface area contributed by atoms with Crippen molar-refractivity contribution in [3.8, 4) is 0 Å². The molecule has 8 heteroatoms. The van der Waals surface area contributed by atoms with Crippen LogP contribution in [0.1, 0.15) is 32.6 Å². The van der Waals surface area contributed by atoms with Crippen molar-refractivity contribution in [3.05, 3.63) is 0 Å². The number of nitrogens with one attached hydrogen (secondary N) is 1. The number of aliphatic carboxylic acids is 1. The van der Waals surface area contributed by atoms with Crippen molar-refractivity contribution >= 4 is 11.9 Å². The highest BCUT2D eigenvalue weighted by atomic mass is 19.4. The predicted molar refractivity (Wildman–Crippen MR) is 67.3 cm³/mol. The van der Waals surface area contributed by atoms with E-state index in [1.165, 1.54) is 38.8 Å². The number of nitrogens with zero attached hydrogens (tertiary/aromatic N) is 1. The quantitative estimate of drug-likeness (QED) is 0.831. The number of halogens is 3. The largest absolute Gasteiger partial charge is 0.490 e. The van der Waals surface area contributed by atoms with Crippen LogP contribution in [0.25, 0.3) is 0 Å². The van der Waals surface area contributed by atoms with Gasteiger partial charge in [0.25, 0.3) is 0 Å². The highest BCUT2D eigenvalue weighted by Crippen LogP contribution is 2.13. The topological polar surface area (TPSA) is 69.6 Å². The first-order valence-electron chi connectivity index (χ1n) is 6.50. The maximum absolute atomic E-state index is 10.6. The highest BCUT2D eigenvalue weighted by molar-refractivity contribution is 5.73. The molecule has 0 radical (unpaired) electrons. The molecule has 5 nitrogen and oxygen atoms in total. The van der Waals surface area contributed by atoms with E-state index in [4.69, 9.17) is 9.90 Å². The SMILES string of the molecule is CC(=O)NCCN1CCCCCC1.O=C(O)C(F)(F)F. The molecular weight excluding hydrogens is 277 g/mol. The Morgan fingerprint density at radius 2 is 1.60 bits per heavy atom. The normalized spacial score (nSPS) is 16.6. The molecule has 0 aromatic carbocycles. The number of carboxylic acids is 1. The number of hydrogen-bond donors (Lipinski definition) is 2. The first-order valence-corrected chi connectivity index (χ1v) is 6.50. The number of carbonyl (C=O) groups excluding carboxylic acids is 1. The maximum Gasteiger partial charge on any atom is 0.490 e. The molecule has 1 aliphatic heterocycles. The van der Waals surface area contributed by atoms with Gasteiger partial charge in [0, 0.05) is 20.0 Å². The van der Waals surface area contributed by atoms with Crippen LogP contribution in [0.4, 0.5) is 13.2 Å². The van der Waals surface area contributed by atoms with Gasteiger partial charge in [0.15, 0.2) is 0 Å². The van der Waals surface area contributed by atoms with Crippen molar-refractivity contribution in [1.29, 1.82) is 0 Å². The van der Waals surface area contributed by atoms with Crippen LogP contribution in [0.15, 0.2) is 0 Å². The molecule has 2 N–H and O–H groups in total. The minimum atomic E-state index is -5.08. The van der Waals surface area contributed by atoms with Crippen molar-refractivity contribution in [3.63, 3.8) is 0 Å². The molecule has 0 aliphatic carbocycles. The molecule has 1 amide bonds. The third-order valence-corrected chi connectivity index (χ3v) is 2.74. The van der Waals surface area contributed by atoms with Gasteiger partial charge in [-0.05, 0) is 25.9 Å². The van der Waals surface area contributed by atoms with Gasteiger partial charge in [-0.25, -0.2) is 4.79 Å². The van der Waals surface area contributed by atoms with Gasteiger partial charge in [-0.3, -0.25) is 4.79 Å². The monoisotopic (exact) mass is 298 g/mol. The molecule has 0 aromatic rings. The minimum absolute atomic E-state index is 0.0785. The fraction of sp³-hybridized carbons (Fsp3) is 0.833. The van der Waals surface area contributed by atoms with Crippen LogP contribution in [0.2, 0.25) is 0 Å². The number of hydrogen-bond acceptors (Lipinski definition) is 3. The van der Waals surface area contributed by atoms with Crippen molar-refractivity contribution in [2.45, 2.75) is 38.8 Å². The first kappa shape index (κ1) is 18.7. The van der Waals surface area contributed by atoms with Crippen molar-refractivity contribution in [2.24, 2.45) is 0 Å². The summed E-state index contributed by atoms with van der Waals surface area (Å²) in [6, 6.07) is 0. The van der Waals surface area contributed by atoms with Crippen molar-refractivity contribution < 1.29 is 27.9 Å². The summed E-state index contributed by atoms with van der Waals surface area (Å²) in [5, 5.41) is 9.96. The van der Waals surface area contributed by atoms with E-state index in [9.17, 15) is 18.0 Å². The highest BCUT2D eigenvalue weighted by Gasteiger charge is 2.38. The summed E-state index contributed by atoms with van der Waals surface area (Å²) in [6.45, 7) is 5.80. The van der Waals surface area contributed by atoms with Gasteiger partial charge in [0.2, 0.25) is 5.91 Å². The molecule has 1 fully saturated rings. The summed E-state index contributed by atoms with van der Waals surface area (Å²) in [4.78, 5) is 22.0. The van der Waals surface area contributed by atoms with Gasteiger partial charge < -0.3 is 15.3 Å². The van der Waals surface area contributed by atoms with Crippen LogP contribution in [-0.4, -0.2) is 54.2 Å². The lowest BCUT2D eigenvalue weighted by atomic mass is 10.2. The van der Waals surface area contributed by atoms with Crippen LogP contribution in [0.3, 0.4) is 0 Å². The lowest BCUT2D eigenvalue weighted by Gasteiger charge is -2.19. The van der Waals surface area contributed by atoms with Crippen LogP contribution in [-0.2, 0) is 9.59 Å². The van der Waals surface area contributed by atoms with E-state index in [0.717, 1.165) is 13.1 Å². The Morgan fingerprint density at radius 1 is 1.15 bits per heavy atom. The zero-order valence-corrected chi connectivity index (χ0v) is 11.5. The van der Waals surface area contributed by atoms with Crippen molar-refractivity contribution in [2.75, 3.05) is 26.2 Å². The standard InChI is InChI=1S/C10H20N2O.C2HF3O2/c1-10(13)11-6-9-12-7-4-2-3-5-8-12;3-2(4,5)1(6)7/h2-9H2,1H3,(H,11,13);(H,6,7). The third-order valence-electron chi connectivity index (χ3n) is 2.74. The molecule has 0 bridgehead atoms. The number of likely N-dealkylation sites (tertiary alicyclic amines) is 1. The smallest absolute Gasteiger partial charge is 0.475 e. The van der Waals surface area contributed by atoms with E-state index < -0.39 is 12.1 Å². The number of rotatable bonds is 3. The number of alkyl halides is 3. The Kier molecular flexibility index (Phi) is 8.94. The Hall–Kier alpha value is -1.31. The van der Waals surface area contributed by atoms with Crippen LogP contribution < -0.4 is 5.32 Å².